The van der Waals surface area contributed by atoms with Crippen LogP contribution in [0.1, 0.15) is 34.6 Å². The standard InChI is InChI=1S/C20H26N10O2/c1-14(15-6-4-3-5-7-15)12-22-24-20(31)17-16(13-29-10-8-28(2)9-11-29)30(27-23-17)19-18(21)25-32-26-19/h3-7,12,14H,8-11,13H2,1-2H3,(H2,21,25)(H,24,31)/b22-12-/t14-/m1/s1. The molecule has 1 fully saturated rings. The van der Waals surface area contributed by atoms with Gasteiger partial charge in [-0.15, -0.1) is 5.10 Å². The summed E-state index contributed by atoms with van der Waals surface area (Å²) in [6.45, 7) is 6.00. The Kier molecular flexibility index (Phi) is 6.52. The highest BCUT2D eigenvalue weighted by atomic mass is 16.6. The summed E-state index contributed by atoms with van der Waals surface area (Å²) in [6, 6.07) is 9.90. The van der Waals surface area contributed by atoms with E-state index in [1.165, 1.54) is 4.68 Å². The van der Waals surface area contributed by atoms with Crippen molar-refractivity contribution in [3.05, 3.63) is 47.3 Å². The lowest BCUT2D eigenvalue weighted by Gasteiger charge is -2.32. The monoisotopic (exact) mass is 438 g/mol. The van der Waals surface area contributed by atoms with Crippen molar-refractivity contribution < 1.29 is 9.42 Å². The first-order valence-corrected chi connectivity index (χ1v) is 10.3. The van der Waals surface area contributed by atoms with Crippen molar-refractivity contribution in [1.29, 1.82) is 0 Å². The zero-order valence-corrected chi connectivity index (χ0v) is 18.0. The lowest BCUT2D eigenvalue weighted by molar-refractivity contribution is 0.0945. The Labute approximate surface area is 185 Å². The topological polar surface area (TPSA) is 144 Å². The molecule has 0 unspecified atom stereocenters. The number of hydrogen-bond donors (Lipinski definition) is 2. The van der Waals surface area contributed by atoms with Crippen LogP contribution in [-0.4, -0.2) is 80.5 Å². The number of carbonyl (C=O) groups excluding carboxylic acids is 1. The summed E-state index contributed by atoms with van der Waals surface area (Å²) in [4.78, 5) is 17.4. The molecule has 3 aromatic rings. The molecule has 0 aliphatic carbocycles. The number of amides is 1. The number of anilines is 1. The number of nitrogens with zero attached hydrogens (tertiary/aromatic N) is 8. The summed E-state index contributed by atoms with van der Waals surface area (Å²) < 4.78 is 6.10. The smallest absolute Gasteiger partial charge is 0.293 e. The van der Waals surface area contributed by atoms with Crippen molar-refractivity contribution in [3.63, 3.8) is 0 Å². The van der Waals surface area contributed by atoms with Crippen molar-refractivity contribution >= 4 is 17.9 Å². The Morgan fingerprint density at radius 1 is 1.25 bits per heavy atom. The summed E-state index contributed by atoms with van der Waals surface area (Å²) in [7, 11) is 2.08. The van der Waals surface area contributed by atoms with Crippen LogP contribution in [0.5, 0.6) is 0 Å². The summed E-state index contributed by atoms with van der Waals surface area (Å²) >= 11 is 0. The third-order valence-electron chi connectivity index (χ3n) is 5.43. The van der Waals surface area contributed by atoms with Crippen molar-refractivity contribution in [2.75, 3.05) is 39.0 Å². The van der Waals surface area contributed by atoms with Gasteiger partial charge in [-0.1, -0.05) is 42.5 Å². The third kappa shape index (κ3) is 4.81. The van der Waals surface area contributed by atoms with Crippen molar-refractivity contribution in [2.24, 2.45) is 5.10 Å². The SMILES string of the molecule is C[C@H](/C=N\NC(=O)c1nnn(-c2nonc2N)c1CN1CCN(C)CC1)c1ccccc1. The van der Waals surface area contributed by atoms with Gasteiger partial charge in [0.1, 0.15) is 0 Å². The number of rotatable bonds is 7. The number of carbonyl (C=O) groups is 1. The zero-order chi connectivity index (χ0) is 22.5. The molecular weight excluding hydrogens is 412 g/mol. The molecule has 12 nitrogen and oxygen atoms in total. The third-order valence-corrected chi connectivity index (χ3v) is 5.43. The molecule has 1 aliphatic rings. The second kappa shape index (κ2) is 9.66. The van der Waals surface area contributed by atoms with Gasteiger partial charge in [0, 0.05) is 44.9 Å². The first-order valence-electron chi connectivity index (χ1n) is 10.3. The van der Waals surface area contributed by atoms with Gasteiger partial charge in [0.15, 0.2) is 5.69 Å². The number of hydrazone groups is 1. The number of aromatic nitrogens is 5. The van der Waals surface area contributed by atoms with E-state index in [0.29, 0.717) is 12.2 Å². The molecule has 0 bridgehead atoms. The van der Waals surface area contributed by atoms with Crippen LogP contribution in [0.4, 0.5) is 5.82 Å². The predicted octanol–water partition coefficient (Wildman–Crippen LogP) is 0.499. The molecule has 3 N–H and O–H groups in total. The molecule has 168 valence electrons. The van der Waals surface area contributed by atoms with E-state index in [9.17, 15) is 4.79 Å². The van der Waals surface area contributed by atoms with Crippen molar-refractivity contribution in [1.82, 2.24) is 40.5 Å². The fourth-order valence-electron chi connectivity index (χ4n) is 3.45. The molecule has 0 spiro atoms. The maximum atomic E-state index is 12.9. The van der Waals surface area contributed by atoms with Crippen LogP contribution >= 0.6 is 0 Å². The number of benzene rings is 1. The summed E-state index contributed by atoms with van der Waals surface area (Å²) in [5.41, 5.74) is 10.2. The predicted molar refractivity (Wildman–Crippen MR) is 117 cm³/mol. The average molecular weight is 438 g/mol. The molecule has 1 saturated heterocycles. The van der Waals surface area contributed by atoms with Crippen LogP contribution in [0.25, 0.3) is 5.82 Å². The molecule has 1 aliphatic heterocycles. The lowest BCUT2D eigenvalue weighted by Crippen LogP contribution is -2.44. The van der Waals surface area contributed by atoms with Gasteiger partial charge >= 0.3 is 0 Å². The van der Waals surface area contributed by atoms with E-state index < -0.39 is 5.91 Å². The maximum absolute atomic E-state index is 12.9. The van der Waals surface area contributed by atoms with Gasteiger partial charge in [-0.3, -0.25) is 9.69 Å². The molecule has 0 saturated carbocycles. The van der Waals surface area contributed by atoms with E-state index in [1.807, 2.05) is 37.3 Å². The van der Waals surface area contributed by atoms with Crippen LogP contribution in [0.15, 0.2) is 40.1 Å². The van der Waals surface area contributed by atoms with Crippen molar-refractivity contribution in [2.45, 2.75) is 19.4 Å². The number of nitrogens with one attached hydrogen (secondary N) is 1. The summed E-state index contributed by atoms with van der Waals surface area (Å²) in [5, 5.41) is 19.7. The zero-order valence-electron chi connectivity index (χ0n) is 18.0. The van der Waals surface area contributed by atoms with Crippen LogP contribution in [0, 0.1) is 0 Å². The number of hydrogen-bond acceptors (Lipinski definition) is 10. The normalized spacial score (nSPS) is 16.4. The van der Waals surface area contributed by atoms with E-state index in [4.69, 9.17) is 10.4 Å². The minimum Gasteiger partial charge on any atom is -0.378 e. The number of likely N-dealkylation sites (N-methyl/N-ethyl adjacent to an activating group) is 1. The quantitative estimate of drug-likeness (QED) is 0.398. The molecule has 1 amide bonds. The van der Waals surface area contributed by atoms with Gasteiger partial charge in [0.05, 0.1) is 5.69 Å². The number of nitrogens with two attached hydrogens (primary N) is 1. The highest BCUT2D eigenvalue weighted by molar-refractivity contribution is 5.93. The van der Waals surface area contributed by atoms with Crippen LogP contribution in [0.2, 0.25) is 0 Å². The van der Waals surface area contributed by atoms with E-state index in [0.717, 1.165) is 31.7 Å². The van der Waals surface area contributed by atoms with E-state index in [-0.39, 0.29) is 23.2 Å². The number of nitrogen functional groups attached to an aromatic ring is 1. The highest BCUT2D eigenvalue weighted by Crippen LogP contribution is 2.18. The fraction of sp³-hybridized carbons (Fsp3) is 0.400. The molecule has 32 heavy (non-hydrogen) atoms. The van der Waals surface area contributed by atoms with Crippen molar-refractivity contribution in [3.8, 4) is 5.82 Å². The Morgan fingerprint density at radius 3 is 2.69 bits per heavy atom. The van der Waals surface area contributed by atoms with E-state index in [2.05, 4.69) is 48.0 Å². The van der Waals surface area contributed by atoms with Gasteiger partial charge in [0.2, 0.25) is 11.6 Å². The van der Waals surface area contributed by atoms with Crippen LogP contribution < -0.4 is 11.2 Å². The molecule has 0 radical (unpaired) electrons. The average Bonchev–Trinajstić information content (AvgIpc) is 3.41. The molecule has 4 rings (SSSR count). The molecule has 1 aromatic carbocycles. The minimum absolute atomic E-state index is 0.0398. The summed E-state index contributed by atoms with van der Waals surface area (Å²) in [6.07, 6.45) is 1.68. The Bertz CT molecular complexity index is 1070. The highest BCUT2D eigenvalue weighted by Gasteiger charge is 2.26. The van der Waals surface area contributed by atoms with E-state index in [1.54, 1.807) is 6.21 Å². The largest absolute Gasteiger partial charge is 0.378 e. The molecular formula is C20H26N10O2. The van der Waals surface area contributed by atoms with Gasteiger partial charge in [0.25, 0.3) is 5.91 Å². The molecule has 2 aromatic heterocycles. The van der Waals surface area contributed by atoms with Crippen LogP contribution in [0.3, 0.4) is 0 Å². The fourth-order valence-corrected chi connectivity index (χ4v) is 3.45. The molecule has 3 heterocycles. The van der Waals surface area contributed by atoms with Gasteiger partial charge in [-0.2, -0.15) is 9.78 Å². The Balaban J connectivity index is 1.53. The Hall–Kier alpha value is -3.64. The second-order valence-electron chi connectivity index (χ2n) is 7.77. The van der Waals surface area contributed by atoms with E-state index >= 15 is 0 Å². The summed E-state index contributed by atoms with van der Waals surface area (Å²) in [5.74, 6) is -0.164. The van der Waals surface area contributed by atoms with Gasteiger partial charge in [-0.05, 0) is 22.9 Å². The van der Waals surface area contributed by atoms with Gasteiger partial charge in [-0.25, -0.2) is 10.1 Å². The number of piperazine rings is 1. The maximum Gasteiger partial charge on any atom is 0.293 e. The lowest BCUT2D eigenvalue weighted by atomic mass is 10.0. The Morgan fingerprint density at radius 2 is 2.00 bits per heavy atom. The second-order valence-corrected chi connectivity index (χ2v) is 7.77. The first kappa shape index (κ1) is 21.6. The minimum atomic E-state index is -0.466. The molecule has 12 heteroatoms. The first-order chi connectivity index (χ1) is 15.5. The van der Waals surface area contributed by atoms with Crippen LogP contribution in [-0.2, 0) is 6.54 Å². The molecule has 1 atom stereocenters. The van der Waals surface area contributed by atoms with Gasteiger partial charge < -0.3 is 10.6 Å².